The lowest BCUT2D eigenvalue weighted by atomic mass is 9.63. The van der Waals surface area contributed by atoms with Crippen molar-refractivity contribution < 1.29 is 19.7 Å². The van der Waals surface area contributed by atoms with Gasteiger partial charge in [-0.3, -0.25) is 0 Å². The lowest BCUT2D eigenvalue weighted by Crippen LogP contribution is -2.45. The normalized spacial score (nSPS) is 53.6. The van der Waals surface area contributed by atoms with Gasteiger partial charge < -0.3 is 14.9 Å². The van der Waals surface area contributed by atoms with Crippen LogP contribution in [0.25, 0.3) is 0 Å². The molecule has 1 saturated heterocycles. The zero-order valence-corrected chi connectivity index (χ0v) is 11.3. The predicted molar refractivity (Wildman–Crippen MR) is 67.0 cm³/mol. The van der Waals surface area contributed by atoms with E-state index in [1.165, 1.54) is 0 Å². The van der Waals surface area contributed by atoms with Crippen LogP contribution in [0.1, 0.15) is 26.7 Å². The van der Waals surface area contributed by atoms with Crippen LogP contribution in [0.2, 0.25) is 0 Å². The van der Waals surface area contributed by atoms with Crippen LogP contribution in [0.4, 0.5) is 0 Å². The molecule has 2 N–H and O–H groups in total. The minimum Gasteiger partial charge on any atom is -0.462 e. The molecule has 2 saturated carbocycles. The number of carbonyl (C=O) groups is 1. The van der Waals surface area contributed by atoms with E-state index in [0.717, 1.165) is 18.4 Å². The molecule has 104 valence electrons. The van der Waals surface area contributed by atoms with Crippen LogP contribution in [0, 0.1) is 28.6 Å². The van der Waals surface area contributed by atoms with E-state index in [9.17, 15) is 15.0 Å². The molecule has 0 aromatic carbocycles. The van der Waals surface area contributed by atoms with Crippen molar-refractivity contribution >= 4 is 5.97 Å². The van der Waals surface area contributed by atoms with E-state index in [1.54, 1.807) is 0 Å². The maximum Gasteiger partial charge on any atom is 0.334 e. The molecule has 19 heavy (non-hydrogen) atoms. The van der Waals surface area contributed by atoms with Crippen LogP contribution in [-0.4, -0.2) is 35.0 Å². The Balaban J connectivity index is 1.96. The molecule has 4 heteroatoms. The first-order valence-electron chi connectivity index (χ1n) is 7.14. The third-order valence-corrected chi connectivity index (χ3v) is 6.48. The zero-order valence-electron chi connectivity index (χ0n) is 11.3. The van der Waals surface area contributed by atoms with E-state index < -0.39 is 12.2 Å². The minimum atomic E-state index is -0.778. The van der Waals surface area contributed by atoms with Gasteiger partial charge in [-0.25, -0.2) is 4.79 Å². The summed E-state index contributed by atoms with van der Waals surface area (Å²) in [6, 6.07) is 0. The summed E-state index contributed by atoms with van der Waals surface area (Å²) in [6.45, 7) is 4.59. The van der Waals surface area contributed by atoms with Gasteiger partial charge in [-0.1, -0.05) is 19.9 Å². The molecule has 4 nitrogen and oxygen atoms in total. The molecular weight excluding hydrogens is 244 g/mol. The Morgan fingerprint density at radius 1 is 1.32 bits per heavy atom. The van der Waals surface area contributed by atoms with Gasteiger partial charge in [0.05, 0.1) is 18.8 Å². The highest BCUT2D eigenvalue weighted by Gasteiger charge is 2.74. The Hall–Kier alpha value is -0.870. The highest BCUT2D eigenvalue weighted by molar-refractivity contribution is 5.92. The highest BCUT2D eigenvalue weighted by Crippen LogP contribution is 2.72. The van der Waals surface area contributed by atoms with Crippen molar-refractivity contribution in [1.29, 1.82) is 0 Å². The topological polar surface area (TPSA) is 66.8 Å². The average molecular weight is 264 g/mol. The van der Waals surface area contributed by atoms with Crippen molar-refractivity contribution in [2.24, 2.45) is 28.6 Å². The second-order valence-electron chi connectivity index (χ2n) is 7.28. The summed E-state index contributed by atoms with van der Waals surface area (Å²) in [5, 5.41) is 20.9. The molecule has 0 amide bonds. The summed E-state index contributed by atoms with van der Waals surface area (Å²) in [6.07, 6.45) is 2.27. The summed E-state index contributed by atoms with van der Waals surface area (Å²) in [5.74, 6) is 0.0723. The van der Waals surface area contributed by atoms with Crippen molar-refractivity contribution in [3.05, 3.63) is 11.6 Å². The van der Waals surface area contributed by atoms with E-state index in [2.05, 4.69) is 13.8 Å². The quantitative estimate of drug-likeness (QED) is 0.637. The molecule has 3 fully saturated rings. The number of allylic oxidation sites excluding steroid dienone is 1. The van der Waals surface area contributed by atoms with Crippen molar-refractivity contribution in [2.75, 3.05) is 6.61 Å². The second kappa shape index (κ2) is 3.23. The highest BCUT2D eigenvalue weighted by atomic mass is 16.5. The Kier molecular flexibility index (Phi) is 2.03. The van der Waals surface area contributed by atoms with Gasteiger partial charge in [0.25, 0.3) is 0 Å². The van der Waals surface area contributed by atoms with Crippen LogP contribution in [0.15, 0.2) is 11.6 Å². The lowest BCUT2D eigenvalue weighted by Gasteiger charge is -2.43. The van der Waals surface area contributed by atoms with E-state index in [0.29, 0.717) is 5.92 Å². The number of fused-ring (bicyclic) bond motifs is 1. The van der Waals surface area contributed by atoms with Crippen molar-refractivity contribution in [3.63, 3.8) is 0 Å². The first kappa shape index (κ1) is 11.9. The van der Waals surface area contributed by atoms with Crippen LogP contribution < -0.4 is 0 Å². The number of aliphatic hydroxyl groups is 2. The first-order valence-corrected chi connectivity index (χ1v) is 7.14. The Morgan fingerprint density at radius 3 is 2.79 bits per heavy atom. The maximum absolute atomic E-state index is 12.1. The van der Waals surface area contributed by atoms with Gasteiger partial charge >= 0.3 is 5.97 Å². The number of aliphatic hydroxyl groups excluding tert-OH is 2. The fraction of sp³-hybridized carbons (Fsp3) is 0.800. The summed E-state index contributed by atoms with van der Waals surface area (Å²) >= 11 is 0. The van der Waals surface area contributed by atoms with Crippen molar-refractivity contribution in [3.8, 4) is 0 Å². The number of esters is 1. The average Bonchev–Trinajstić information content (AvgIpc) is 2.66. The van der Waals surface area contributed by atoms with Gasteiger partial charge in [-0.05, 0) is 24.2 Å². The molecule has 1 spiro atoms. The monoisotopic (exact) mass is 264 g/mol. The molecule has 0 aromatic rings. The van der Waals surface area contributed by atoms with E-state index in [-0.39, 0.29) is 35.2 Å². The third kappa shape index (κ3) is 1.08. The number of cyclic esters (lactones) is 1. The molecule has 1 aliphatic heterocycles. The van der Waals surface area contributed by atoms with Crippen molar-refractivity contribution in [2.45, 2.75) is 38.9 Å². The molecule has 4 rings (SSSR count). The van der Waals surface area contributed by atoms with Crippen molar-refractivity contribution in [1.82, 2.24) is 0 Å². The van der Waals surface area contributed by atoms with Crippen LogP contribution >= 0.6 is 0 Å². The Morgan fingerprint density at radius 2 is 2.05 bits per heavy atom. The van der Waals surface area contributed by atoms with Crippen LogP contribution in [-0.2, 0) is 9.53 Å². The number of ether oxygens (including phenoxy) is 1. The molecule has 3 aliphatic carbocycles. The number of rotatable bonds is 0. The minimum absolute atomic E-state index is 0.0356. The van der Waals surface area contributed by atoms with Gasteiger partial charge in [0.15, 0.2) is 0 Å². The standard InChI is InChI=1S/C15H20O4/c1-14(2)7-3-4-8-13(18)19-6-9-10(16)11(17)12(14)15(8,9)5-7/h4,7,9-12,16-17H,3,5-6H2,1-2H3/t7-,9-,10-,11-,12+,15-/m1/s1. The third-order valence-electron chi connectivity index (χ3n) is 6.48. The number of hydrogen-bond donors (Lipinski definition) is 2. The summed E-state index contributed by atoms with van der Waals surface area (Å²) in [7, 11) is 0. The SMILES string of the molecule is CC1(C)[C@@H]2CC=C3C(=O)OC[C@@H]4[C@@H](O)[C@@H](O)[C@@H]1[C@]34C2. The van der Waals surface area contributed by atoms with E-state index in [1.807, 2.05) is 6.08 Å². The summed E-state index contributed by atoms with van der Waals surface area (Å²) in [5.41, 5.74) is 0.331. The van der Waals surface area contributed by atoms with Gasteiger partial charge in [-0.2, -0.15) is 0 Å². The number of hydrogen-bond acceptors (Lipinski definition) is 4. The fourth-order valence-electron chi connectivity index (χ4n) is 5.66. The largest absolute Gasteiger partial charge is 0.462 e. The van der Waals surface area contributed by atoms with E-state index >= 15 is 0 Å². The Labute approximate surface area is 112 Å². The first-order chi connectivity index (χ1) is 8.90. The number of carbonyl (C=O) groups excluding carboxylic acids is 1. The summed E-state index contributed by atoms with van der Waals surface area (Å²) in [4.78, 5) is 12.1. The molecule has 2 bridgehead atoms. The predicted octanol–water partition coefficient (Wildman–Crippen LogP) is 0.874. The van der Waals surface area contributed by atoms with Gasteiger partial charge in [-0.15, -0.1) is 0 Å². The van der Waals surface area contributed by atoms with Crippen LogP contribution in [0.3, 0.4) is 0 Å². The van der Waals surface area contributed by atoms with Gasteiger partial charge in [0, 0.05) is 22.8 Å². The van der Waals surface area contributed by atoms with Gasteiger partial charge in [0.2, 0.25) is 0 Å². The fourth-order valence-corrected chi connectivity index (χ4v) is 5.66. The molecular formula is C15H20O4. The molecule has 0 unspecified atom stereocenters. The van der Waals surface area contributed by atoms with Gasteiger partial charge in [0.1, 0.15) is 0 Å². The molecule has 0 radical (unpaired) electrons. The summed E-state index contributed by atoms with van der Waals surface area (Å²) < 4.78 is 5.23. The van der Waals surface area contributed by atoms with Crippen LogP contribution in [0.5, 0.6) is 0 Å². The molecule has 6 atom stereocenters. The zero-order chi connectivity index (χ0) is 13.6. The molecule has 1 heterocycles. The smallest absolute Gasteiger partial charge is 0.334 e. The van der Waals surface area contributed by atoms with E-state index in [4.69, 9.17) is 4.74 Å². The molecule has 0 aromatic heterocycles. The maximum atomic E-state index is 12.1. The Bertz CT molecular complexity index is 494. The molecule has 4 aliphatic rings. The second-order valence-corrected chi connectivity index (χ2v) is 7.28. The lowest BCUT2D eigenvalue weighted by molar-refractivity contribution is -0.151.